The number of fused-ring (bicyclic) bond motifs is 1. The van der Waals surface area contributed by atoms with Crippen molar-refractivity contribution in [2.45, 2.75) is 12.5 Å². The number of carbonyl (C=O) groups excluding carboxylic acids is 1. The summed E-state index contributed by atoms with van der Waals surface area (Å²) in [4.78, 5) is 18.0. The summed E-state index contributed by atoms with van der Waals surface area (Å²) in [6, 6.07) is 26.4. The van der Waals surface area contributed by atoms with Gasteiger partial charge in [0.1, 0.15) is 16.4 Å². The monoisotopic (exact) mass is 441 g/mol. The van der Waals surface area contributed by atoms with Crippen LogP contribution < -0.4 is 4.74 Å². The van der Waals surface area contributed by atoms with Gasteiger partial charge in [0.25, 0.3) is 5.91 Å². The fraction of sp³-hybridized carbons (Fsp3) is 0.115. The molecule has 4 aromatic rings. The number of hydrogen-bond donors (Lipinski definition) is 0. The van der Waals surface area contributed by atoms with Gasteiger partial charge < -0.3 is 4.74 Å². The predicted molar refractivity (Wildman–Crippen MR) is 126 cm³/mol. The molecule has 3 aromatic carbocycles. The van der Waals surface area contributed by atoms with E-state index in [1.165, 1.54) is 5.01 Å². The molecule has 0 spiro atoms. The van der Waals surface area contributed by atoms with Gasteiger partial charge in [0.15, 0.2) is 0 Å². The van der Waals surface area contributed by atoms with Gasteiger partial charge in [-0.3, -0.25) is 4.79 Å². The molecule has 0 radical (unpaired) electrons. The highest BCUT2D eigenvalue weighted by Gasteiger charge is 2.35. The summed E-state index contributed by atoms with van der Waals surface area (Å²) in [6.45, 7) is 0. The number of halogens is 1. The van der Waals surface area contributed by atoms with Crippen molar-refractivity contribution in [2.24, 2.45) is 5.10 Å². The fourth-order valence-electron chi connectivity index (χ4n) is 4.02. The minimum absolute atomic E-state index is 0.177. The Labute approximate surface area is 190 Å². The normalized spacial score (nSPS) is 15.6. The second kappa shape index (κ2) is 8.44. The third-order valence-corrected chi connectivity index (χ3v) is 5.92. The molecule has 2 heterocycles. The van der Waals surface area contributed by atoms with Crippen molar-refractivity contribution in [1.29, 1.82) is 0 Å². The van der Waals surface area contributed by atoms with Crippen molar-refractivity contribution in [2.75, 3.05) is 7.11 Å². The van der Waals surface area contributed by atoms with E-state index >= 15 is 0 Å². The second-order valence-electron chi connectivity index (χ2n) is 7.55. The third kappa shape index (κ3) is 3.61. The van der Waals surface area contributed by atoms with Crippen LogP contribution in [-0.2, 0) is 0 Å². The lowest BCUT2D eigenvalue weighted by Crippen LogP contribution is -2.27. The topological polar surface area (TPSA) is 54.8 Å². The number of nitrogens with zero attached hydrogens (tertiary/aromatic N) is 3. The molecule has 0 fully saturated rings. The molecule has 1 amide bonds. The maximum absolute atomic E-state index is 13.4. The summed E-state index contributed by atoms with van der Waals surface area (Å²) in [5.74, 6) is 0.476. The number of aromatic nitrogens is 1. The molecule has 6 heteroatoms. The van der Waals surface area contributed by atoms with Gasteiger partial charge in [-0.05, 0) is 29.8 Å². The average Bonchev–Trinajstić information content (AvgIpc) is 3.29. The Morgan fingerprint density at radius 1 is 1.00 bits per heavy atom. The molecule has 0 bridgehead atoms. The minimum atomic E-state index is -0.367. The highest BCUT2D eigenvalue weighted by molar-refractivity contribution is 6.30. The predicted octanol–water partition coefficient (Wildman–Crippen LogP) is 5.89. The van der Waals surface area contributed by atoms with E-state index in [1.54, 1.807) is 19.2 Å². The number of carbonyl (C=O) groups is 1. The average molecular weight is 442 g/mol. The molecular weight excluding hydrogens is 422 g/mol. The molecule has 158 valence electrons. The molecule has 0 unspecified atom stereocenters. The summed E-state index contributed by atoms with van der Waals surface area (Å²) in [5, 5.41) is 7.50. The van der Waals surface area contributed by atoms with E-state index in [1.807, 2.05) is 72.8 Å². The van der Waals surface area contributed by atoms with Crippen molar-refractivity contribution >= 4 is 34.1 Å². The van der Waals surface area contributed by atoms with Crippen molar-refractivity contribution < 1.29 is 9.53 Å². The Morgan fingerprint density at radius 2 is 1.72 bits per heavy atom. The molecule has 1 aliphatic heterocycles. The van der Waals surface area contributed by atoms with Gasteiger partial charge in [-0.2, -0.15) is 5.10 Å². The van der Waals surface area contributed by atoms with Crippen molar-refractivity contribution in [3.8, 4) is 5.75 Å². The van der Waals surface area contributed by atoms with Gasteiger partial charge in [0.05, 0.1) is 18.9 Å². The van der Waals surface area contributed by atoms with Gasteiger partial charge in [0, 0.05) is 22.9 Å². The number of pyridine rings is 1. The summed E-state index contributed by atoms with van der Waals surface area (Å²) >= 11 is 6.67. The van der Waals surface area contributed by atoms with Gasteiger partial charge >= 0.3 is 0 Å². The largest absolute Gasteiger partial charge is 0.494 e. The van der Waals surface area contributed by atoms with E-state index in [2.05, 4.69) is 4.98 Å². The van der Waals surface area contributed by atoms with Crippen LogP contribution >= 0.6 is 11.6 Å². The number of hydrogen-bond acceptors (Lipinski definition) is 4. The smallest absolute Gasteiger partial charge is 0.274 e. The lowest BCUT2D eigenvalue weighted by Gasteiger charge is -2.23. The van der Waals surface area contributed by atoms with Crippen LogP contribution in [0.1, 0.15) is 33.9 Å². The van der Waals surface area contributed by atoms with Crippen LogP contribution in [0.15, 0.2) is 90.0 Å². The SMILES string of the molecule is COc1cccc2cc([C@@H]3CC(c4ccccc4)=NN3C(=O)c3ccccc3)c(Cl)nc12. The lowest BCUT2D eigenvalue weighted by atomic mass is 9.98. The quantitative estimate of drug-likeness (QED) is 0.371. The van der Waals surface area contributed by atoms with E-state index in [9.17, 15) is 4.79 Å². The van der Waals surface area contributed by atoms with Crippen molar-refractivity contribution in [3.05, 3.63) is 107 Å². The van der Waals surface area contributed by atoms with Crippen LogP contribution in [0.2, 0.25) is 5.15 Å². The zero-order chi connectivity index (χ0) is 22.1. The van der Waals surface area contributed by atoms with Crippen molar-refractivity contribution in [3.63, 3.8) is 0 Å². The zero-order valence-corrected chi connectivity index (χ0v) is 18.2. The third-order valence-electron chi connectivity index (χ3n) is 5.61. The number of hydrazone groups is 1. The number of ether oxygens (including phenoxy) is 1. The molecule has 0 aliphatic carbocycles. The first-order valence-corrected chi connectivity index (χ1v) is 10.7. The highest BCUT2D eigenvalue weighted by atomic mass is 35.5. The Morgan fingerprint density at radius 3 is 2.44 bits per heavy atom. The van der Waals surface area contributed by atoms with E-state index in [0.29, 0.717) is 28.4 Å². The molecule has 5 rings (SSSR count). The molecule has 1 aliphatic rings. The van der Waals surface area contributed by atoms with E-state index in [4.69, 9.17) is 21.4 Å². The summed E-state index contributed by atoms with van der Waals surface area (Å²) < 4.78 is 5.43. The Kier molecular flexibility index (Phi) is 5.33. The fourth-order valence-corrected chi connectivity index (χ4v) is 4.29. The van der Waals surface area contributed by atoms with Gasteiger partial charge in [0.2, 0.25) is 0 Å². The van der Waals surface area contributed by atoms with Crippen LogP contribution in [0, 0.1) is 0 Å². The Bertz CT molecular complexity index is 1320. The first kappa shape index (κ1) is 20.2. The molecule has 1 atom stereocenters. The van der Waals surface area contributed by atoms with Crippen LogP contribution in [-0.4, -0.2) is 28.7 Å². The molecule has 0 N–H and O–H groups in total. The number of methoxy groups -OCH3 is 1. The maximum Gasteiger partial charge on any atom is 0.274 e. The van der Waals surface area contributed by atoms with Crippen LogP contribution in [0.5, 0.6) is 5.75 Å². The molecule has 0 saturated carbocycles. The van der Waals surface area contributed by atoms with Crippen LogP contribution in [0.25, 0.3) is 10.9 Å². The Balaban J connectivity index is 1.61. The standard InChI is InChI=1S/C26H20ClN3O2/c1-32-23-14-8-13-19-15-20(25(27)28-24(19)23)22-16-21(17-9-4-2-5-10-17)29-30(22)26(31)18-11-6-3-7-12-18/h2-15,22H,16H2,1H3/t22-/m0/s1. The minimum Gasteiger partial charge on any atom is -0.494 e. The van der Waals surface area contributed by atoms with Gasteiger partial charge in [-0.1, -0.05) is 72.3 Å². The molecule has 5 nitrogen and oxygen atoms in total. The molecule has 0 saturated heterocycles. The first-order valence-electron chi connectivity index (χ1n) is 10.3. The van der Waals surface area contributed by atoms with E-state index in [0.717, 1.165) is 22.2 Å². The summed E-state index contributed by atoms with van der Waals surface area (Å²) in [7, 11) is 1.61. The number of para-hydroxylation sites is 1. The maximum atomic E-state index is 13.4. The second-order valence-corrected chi connectivity index (χ2v) is 7.91. The number of amides is 1. The van der Waals surface area contributed by atoms with Crippen molar-refractivity contribution in [1.82, 2.24) is 9.99 Å². The highest BCUT2D eigenvalue weighted by Crippen LogP contribution is 2.39. The molecule has 32 heavy (non-hydrogen) atoms. The summed E-state index contributed by atoms with van der Waals surface area (Å²) in [5.41, 5.74) is 3.83. The lowest BCUT2D eigenvalue weighted by molar-refractivity contribution is 0.0711. The molecular formula is C26H20ClN3O2. The number of rotatable bonds is 4. The number of benzene rings is 3. The first-order chi connectivity index (χ1) is 15.7. The zero-order valence-electron chi connectivity index (χ0n) is 17.4. The van der Waals surface area contributed by atoms with Crippen LogP contribution in [0.3, 0.4) is 0 Å². The van der Waals surface area contributed by atoms with Gasteiger partial charge in [-0.25, -0.2) is 9.99 Å². The van der Waals surface area contributed by atoms with E-state index in [-0.39, 0.29) is 11.9 Å². The van der Waals surface area contributed by atoms with Gasteiger partial charge in [-0.15, -0.1) is 0 Å². The summed E-state index contributed by atoms with van der Waals surface area (Å²) in [6.07, 6.45) is 0.541. The molecule has 1 aromatic heterocycles. The van der Waals surface area contributed by atoms with E-state index < -0.39 is 0 Å². The van der Waals surface area contributed by atoms with Crippen LogP contribution in [0.4, 0.5) is 0 Å². The Hall–Kier alpha value is -3.70.